The van der Waals surface area contributed by atoms with Gasteiger partial charge < -0.3 is 0 Å². The summed E-state index contributed by atoms with van der Waals surface area (Å²) in [5.41, 5.74) is 3.88. The van der Waals surface area contributed by atoms with Gasteiger partial charge in [0.2, 0.25) is 5.91 Å². The number of nitrogens with zero attached hydrogens (tertiary/aromatic N) is 1. The molecule has 0 fully saturated rings. The van der Waals surface area contributed by atoms with Crippen molar-refractivity contribution >= 4 is 11.6 Å². The lowest BCUT2D eigenvalue weighted by molar-refractivity contribution is -0.121. The summed E-state index contributed by atoms with van der Waals surface area (Å²) in [4.78, 5) is 11.8. The van der Waals surface area contributed by atoms with Crippen LogP contribution >= 0.6 is 0 Å². The number of para-hydroxylation sites is 1. The molecule has 0 spiro atoms. The number of carbonyl (C=O) groups is 1. The van der Waals surface area contributed by atoms with Crippen LogP contribution in [0.1, 0.15) is 51.9 Å². The minimum Gasteiger partial charge on any atom is -0.289 e. The molecule has 0 aliphatic carbocycles. The van der Waals surface area contributed by atoms with Crippen molar-refractivity contribution in [2.45, 2.75) is 51.9 Å². The van der Waals surface area contributed by atoms with E-state index in [0.29, 0.717) is 6.42 Å². The highest BCUT2D eigenvalue weighted by molar-refractivity contribution is 5.77. The van der Waals surface area contributed by atoms with Crippen molar-refractivity contribution < 1.29 is 4.79 Å². The largest absolute Gasteiger partial charge is 0.289 e. The van der Waals surface area contributed by atoms with Gasteiger partial charge in [0.25, 0.3) is 0 Å². The fourth-order valence-corrected chi connectivity index (χ4v) is 2.11. The smallest absolute Gasteiger partial charge is 0.238 e. The van der Waals surface area contributed by atoms with E-state index in [1.807, 2.05) is 44.3 Å². The van der Waals surface area contributed by atoms with Crippen molar-refractivity contribution in [3.63, 3.8) is 0 Å². The molecule has 0 saturated carbocycles. The van der Waals surface area contributed by atoms with Crippen LogP contribution in [-0.2, 0) is 4.79 Å². The Balaban J connectivity index is 2.07. The Kier molecular flexibility index (Phi) is 8.79. The van der Waals surface area contributed by atoms with Crippen molar-refractivity contribution in [2.24, 2.45) is 0 Å². The second kappa shape index (κ2) is 10.8. The summed E-state index contributed by atoms with van der Waals surface area (Å²) < 4.78 is 0. The van der Waals surface area contributed by atoms with Crippen LogP contribution in [0.15, 0.2) is 30.3 Å². The topological polar surface area (TPSA) is 32.3 Å². The van der Waals surface area contributed by atoms with E-state index >= 15 is 0 Å². The van der Waals surface area contributed by atoms with Gasteiger partial charge in [-0.1, -0.05) is 37.5 Å². The van der Waals surface area contributed by atoms with Crippen molar-refractivity contribution in [3.05, 3.63) is 30.3 Å². The fraction of sp³-hybridized carbons (Fsp3) is 0.500. The van der Waals surface area contributed by atoms with Crippen molar-refractivity contribution in [1.29, 1.82) is 0 Å². The molecule has 3 nitrogen and oxygen atoms in total. The molecule has 0 aliphatic heterocycles. The zero-order valence-corrected chi connectivity index (χ0v) is 13.2. The predicted molar refractivity (Wildman–Crippen MR) is 88.8 cm³/mol. The van der Waals surface area contributed by atoms with Gasteiger partial charge in [0.1, 0.15) is 0 Å². The Morgan fingerprint density at radius 1 is 1.10 bits per heavy atom. The molecule has 0 saturated heterocycles. The molecule has 1 aromatic rings. The fourth-order valence-electron chi connectivity index (χ4n) is 2.11. The minimum atomic E-state index is 0.0817. The molecule has 0 heterocycles. The molecular formula is C18H26N2O. The minimum absolute atomic E-state index is 0.0817. The molecule has 21 heavy (non-hydrogen) atoms. The second-order valence-electron chi connectivity index (χ2n) is 5.12. The third-order valence-electron chi connectivity index (χ3n) is 3.32. The first-order valence-electron chi connectivity index (χ1n) is 7.72. The van der Waals surface area contributed by atoms with Gasteiger partial charge in [-0.05, 0) is 31.9 Å². The molecule has 0 aliphatic rings. The number of benzene rings is 1. The predicted octanol–water partition coefficient (Wildman–Crippen LogP) is 3.91. The van der Waals surface area contributed by atoms with Gasteiger partial charge in [0.15, 0.2) is 0 Å². The summed E-state index contributed by atoms with van der Waals surface area (Å²) in [6.45, 7) is 1.88. The Bertz CT molecular complexity index is 459. The number of nitrogens with one attached hydrogen (secondary N) is 1. The Labute approximate surface area is 128 Å². The molecule has 0 unspecified atom stereocenters. The standard InChI is InChI=1S/C18H26N2O/c1-3-4-5-6-7-8-9-13-16-18(21)19-20(2)17-14-11-10-12-15-17/h10-12,14-15H,5-9,13,16H2,1-2H3,(H,19,21). The number of hydrazine groups is 1. The van der Waals surface area contributed by atoms with Gasteiger partial charge >= 0.3 is 0 Å². The molecule has 0 atom stereocenters. The molecular weight excluding hydrogens is 260 g/mol. The summed E-state index contributed by atoms with van der Waals surface area (Å²) >= 11 is 0. The molecule has 1 N–H and O–H groups in total. The van der Waals surface area contributed by atoms with Crippen LogP contribution in [0.5, 0.6) is 0 Å². The Hall–Kier alpha value is -1.95. The lowest BCUT2D eigenvalue weighted by Gasteiger charge is -2.20. The highest BCUT2D eigenvalue weighted by atomic mass is 16.2. The number of hydrogen-bond donors (Lipinski definition) is 1. The maximum atomic E-state index is 11.8. The summed E-state index contributed by atoms with van der Waals surface area (Å²) in [6.07, 6.45) is 7.22. The lowest BCUT2D eigenvalue weighted by atomic mass is 10.1. The van der Waals surface area contributed by atoms with Crippen LogP contribution < -0.4 is 10.4 Å². The normalized spacial score (nSPS) is 9.62. The summed E-state index contributed by atoms with van der Waals surface area (Å²) in [5.74, 6) is 6.07. The van der Waals surface area contributed by atoms with Gasteiger partial charge in [0, 0.05) is 19.9 Å². The average Bonchev–Trinajstić information content (AvgIpc) is 2.50. The Morgan fingerprint density at radius 3 is 2.48 bits per heavy atom. The van der Waals surface area contributed by atoms with Gasteiger partial charge in [0.05, 0.1) is 5.69 Å². The zero-order chi connectivity index (χ0) is 15.3. The molecule has 1 aromatic carbocycles. The molecule has 114 valence electrons. The Morgan fingerprint density at radius 2 is 1.76 bits per heavy atom. The van der Waals surface area contributed by atoms with Crippen LogP contribution in [0, 0.1) is 11.8 Å². The first kappa shape index (κ1) is 17.1. The maximum absolute atomic E-state index is 11.8. The first-order valence-corrected chi connectivity index (χ1v) is 7.72. The second-order valence-corrected chi connectivity index (χ2v) is 5.12. The zero-order valence-electron chi connectivity index (χ0n) is 13.2. The van der Waals surface area contributed by atoms with Gasteiger partial charge in [-0.3, -0.25) is 15.2 Å². The van der Waals surface area contributed by atoms with Crippen LogP contribution in [0.2, 0.25) is 0 Å². The number of anilines is 1. The van der Waals surface area contributed by atoms with Crippen molar-refractivity contribution in [3.8, 4) is 11.8 Å². The molecule has 3 heteroatoms. The van der Waals surface area contributed by atoms with Crippen molar-refractivity contribution in [1.82, 2.24) is 5.43 Å². The van der Waals surface area contributed by atoms with E-state index in [9.17, 15) is 4.79 Å². The first-order chi connectivity index (χ1) is 10.2. The third kappa shape index (κ3) is 8.04. The van der Waals surface area contributed by atoms with Crippen LogP contribution in [0.4, 0.5) is 5.69 Å². The third-order valence-corrected chi connectivity index (χ3v) is 3.32. The highest BCUT2D eigenvalue weighted by Crippen LogP contribution is 2.10. The number of unbranched alkanes of at least 4 members (excludes halogenated alkanes) is 5. The van der Waals surface area contributed by atoms with E-state index in [-0.39, 0.29) is 5.91 Å². The highest BCUT2D eigenvalue weighted by Gasteiger charge is 2.05. The molecule has 0 radical (unpaired) electrons. The van der Waals surface area contributed by atoms with Gasteiger partial charge in [-0.25, -0.2) is 0 Å². The van der Waals surface area contributed by atoms with Crippen LogP contribution in [0.3, 0.4) is 0 Å². The van der Waals surface area contributed by atoms with Crippen LogP contribution in [-0.4, -0.2) is 13.0 Å². The lowest BCUT2D eigenvalue weighted by Crippen LogP contribution is -2.39. The summed E-state index contributed by atoms with van der Waals surface area (Å²) in [7, 11) is 1.86. The quantitative estimate of drug-likeness (QED) is 0.424. The molecule has 0 aromatic heterocycles. The van der Waals surface area contributed by atoms with E-state index in [4.69, 9.17) is 0 Å². The number of rotatable bonds is 9. The van der Waals surface area contributed by atoms with Gasteiger partial charge in [-0.2, -0.15) is 0 Å². The molecule has 0 bridgehead atoms. The van der Waals surface area contributed by atoms with Gasteiger partial charge in [-0.15, -0.1) is 11.8 Å². The SMILES string of the molecule is CC#CCCCCCCCC(=O)NN(C)c1ccccc1. The van der Waals surface area contributed by atoms with E-state index in [1.165, 1.54) is 19.3 Å². The maximum Gasteiger partial charge on any atom is 0.238 e. The monoisotopic (exact) mass is 286 g/mol. The average molecular weight is 286 g/mol. The van der Waals surface area contributed by atoms with E-state index in [2.05, 4.69) is 17.3 Å². The molecule has 1 rings (SSSR count). The summed E-state index contributed by atoms with van der Waals surface area (Å²) in [5, 5.41) is 1.77. The van der Waals surface area contributed by atoms with Crippen LogP contribution in [0.25, 0.3) is 0 Å². The number of amides is 1. The number of hydrogen-bond acceptors (Lipinski definition) is 2. The number of carbonyl (C=O) groups excluding carboxylic acids is 1. The van der Waals surface area contributed by atoms with E-state index in [0.717, 1.165) is 24.9 Å². The molecule has 1 amide bonds. The van der Waals surface area contributed by atoms with E-state index < -0.39 is 0 Å². The van der Waals surface area contributed by atoms with Crippen molar-refractivity contribution in [2.75, 3.05) is 12.1 Å². The van der Waals surface area contributed by atoms with E-state index in [1.54, 1.807) is 5.01 Å². The summed E-state index contributed by atoms with van der Waals surface area (Å²) in [6, 6.07) is 9.83.